The summed E-state index contributed by atoms with van der Waals surface area (Å²) in [5.41, 5.74) is 2.65. The maximum Gasteiger partial charge on any atom is 0.153 e. The quantitative estimate of drug-likeness (QED) is 0.939. The first-order valence-corrected chi connectivity index (χ1v) is 7.65. The number of tetrazole rings is 1. The van der Waals surface area contributed by atoms with Crippen LogP contribution in [0.3, 0.4) is 0 Å². The predicted molar refractivity (Wildman–Crippen MR) is 83.6 cm³/mol. The fourth-order valence-electron chi connectivity index (χ4n) is 2.98. The lowest BCUT2D eigenvalue weighted by molar-refractivity contribution is 0.232. The van der Waals surface area contributed by atoms with Gasteiger partial charge in [-0.05, 0) is 66.6 Å². The van der Waals surface area contributed by atoms with Crippen LogP contribution in [0.1, 0.15) is 45.4 Å². The Morgan fingerprint density at radius 1 is 1.24 bits per heavy atom. The van der Waals surface area contributed by atoms with E-state index in [2.05, 4.69) is 46.8 Å². The Hall–Kier alpha value is -1.91. The standard InChI is InChI=1S/C16H23N5/c1-12-18-19-20-21(12)15-6-4-5-14(11-15)17-13-7-9-16(2,3)10-8-13/h4-6,11,13,17H,7-10H2,1-3H3. The zero-order chi connectivity index (χ0) is 14.9. The number of benzene rings is 1. The van der Waals surface area contributed by atoms with Crippen LogP contribution >= 0.6 is 0 Å². The SMILES string of the molecule is Cc1nnnn1-c1cccc(NC2CCC(C)(C)CC2)c1. The van der Waals surface area contributed by atoms with Crippen molar-refractivity contribution in [3.05, 3.63) is 30.1 Å². The fraction of sp³-hybridized carbons (Fsp3) is 0.562. The molecule has 1 aromatic heterocycles. The highest BCUT2D eigenvalue weighted by Gasteiger charge is 2.26. The van der Waals surface area contributed by atoms with Crippen molar-refractivity contribution < 1.29 is 0 Å². The molecule has 2 aromatic rings. The molecule has 1 saturated carbocycles. The summed E-state index contributed by atoms with van der Waals surface area (Å²) in [4.78, 5) is 0. The maximum absolute atomic E-state index is 4.02. The predicted octanol–water partition coefficient (Wildman–Crippen LogP) is 3.35. The van der Waals surface area contributed by atoms with E-state index in [-0.39, 0.29) is 0 Å². The second-order valence-electron chi connectivity index (χ2n) is 6.77. The zero-order valence-electron chi connectivity index (χ0n) is 13.0. The Labute approximate surface area is 125 Å². The number of anilines is 1. The molecule has 1 aliphatic rings. The van der Waals surface area contributed by atoms with Crippen LogP contribution in [0.4, 0.5) is 5.69 Å². The van der Waals surface area contributed by atoms with E-state index < -0.39 is 0 Å². The number of aromatic nitrogens is 4. The molecule has 5 heteroatoms. The lowest BCUT2D eigenvalue weighted by Gasteiger charge is -2.35. The minimum absolute atomic E-state index is 0.504. The molecular weight excluding hydrogens is 262 g/mol. The van der Waals surface area contributed by atoms with E-state index in [9.17, 15) is 0 Å². The van der Waals surface area contributed by atoms with Crippen molar-refractivity contribution in [3.8, 4) is 5.69 Å². The number of nitrogens with one attached hydrogen (secondary N) is 1. The Morgan fingerprint density at radius 3 is 2.67 bits per heavy atom. The average molecular weight is 285 g/mol. The molecule has 1 fully saturated rings. The molecule has 3 rings (SSSR count). The molecule has 0 bridgehead atoms. The summed E-state index contributed by atoms with van der Waals surface area (Å²) in [5, 5.41) is 15.3. The first kappa shape index (κ1) is 14.0. The maximum atomic E-state index is 4.02. The van der Waals surface area contributed by atoms with Crippen LogP contribution in [-0.2, 0) is 0 Å². The van der Waals surface area contributed by atoms with Crippen molar-refractivity contribution in [2.24, 2.45) is 5.41 Å². The molecule has 0 amide bonds. The summed E-state index contributed by atoms with van der Waals surface area (Å²) in [6.07, 6.45) is 5.05. The number of hydrogen-bond donors (Lipinski definition) is 1. The third kappa shape index (κ3) is 3.23. The minimum Gasteiger partial charge on any atom is -0.382 e. The first-order chi connectivity index (χ1) is 10.0. The van der Waals surface area contributed by atoms with Crippen LogP contribution in [0.2, 0.25) is 0 Å². The average Bonchev–Trinajstić information content (AvgIpc) is 2.88. The first-order valence-electron chi connectivity index (χ1n) is 7.65. The number of rotatable bonds is 3. The largest absolute Gasteiger partial charge is 0.382 e. The van der Waals surface area contributed by atoms with Crippen molar-refractivity contribution in [1.29, 1.82) is 0 Å². The van der Waals surface area contributed by atoms with E-state index in [0.29, 0.717) is 11.5 Å². The van der Waals surface area contributed by atoms with Crippen LogP contribution < -0.4 is 5.32 Å². The summed E-state index contributed by atoms with van der Waals surface area (Å²) in [7, 11) is 0. The second-order valence-corrected chi connectivity index (χ2v) is 6.77. The molecule has 0 radical (unpaired) electrons. The smallest absolute Gasteiger partial charge is 0.153 e. The van der Waals surface area contributed by atoms with E-state index in [1.807, 2.05) is 19.1 Å². The Morgan fingerprint density at radius 2 is 2.00 bits per heavy atom. The molecule has 1 aliphatic carbocycles. The fourth-order valence-corrected chi connectivity index (χ4v) is 2.98. The van der Waals surface area contributed by atoms with Crippen LogP contribution in [0.15, 0.2) is 24.3 Å². The molecule has 0 atom stereocenters. The molecule has 5 nitrogen and oxygen atoms in total. The topological polar surface area (TPSA) is 55.6 Å². The Kier molecular flexibility index (Phi) is 3.66. The Balaban J connectivity index is 1.71. The third-order valence-corrected chi connectivity index (χ3v) is 4.43. The molecule has 1 aromatic carbocycles. The van der Waals surface area contributed by atoms with Gasteiger partial charge in [0.25, 0.3) is 0 Å². The molecule has 0 unspecified atom stereocenters. The van der Waals surface area contributed by atoms with E-state index in [4.69, 9.17) is 0 Å². The summed E-state index contributed by atoms with van der Waals surface area (Å²) in [5.74, 6) is 0.798. The number of nitrogens with zero attached hydrogens (tertiary/aromatic N) is 4. The monoisotopic (exact) mass is 285 g/mol. The van der Waals surface area contributed by atoms with Crippen molar-refractivity contribution in [2.45, 2.75) is 52.5 Å². The van der Waals surface area contributed by atoms with Gasteiger partial charge in [-0.2, -0.15) is 4.68 Å². The number of hydrogen-bond acceptors (Lipinski definition) is 4. The molecule has 0 spiro atoms. The second kappa shape index (κ2) is 5.47. The van der Waals surface area contributed by atoms with Crippen LogP contribution in [0, 0.1) is 12.3 Å². The zero-order valence-corrected chi connectivity index (χ0v) is 13.0. The van der Waals surface area contributed by atoms with Crippen molar-refractivity contribution in [3.63, 3.8) is 0 Å². The van der Waals surface area contributed by atoms with E-state index in [1.165, 1.54) is 25.7 Å². The molecule has 0 saturated heterocycles. The molecule has 112 valence electrons. The minimum atomic E-state index is 0.504. The van der Waals surface area contributed by atoms with E-state index in [1.54, 1.807) is 4.68 Å². The van der Waals surface area contributed by atoms with Crippen LogP contribution in [0.25, 0.3) is 5.69 Å². The van der Waals surface area contributed by atoms with Gasteiger partial charge in [-0.25, -0.2) is 0 Å². The van der Waals surface area contributed by atoms with Gasteiger partial charge in [0, 0.05) is 11.7 Å². The molecule has 21 heavy (non-hydrogen) atoms. The third-order valence-electron chi connectivity index (χ3n) is 4.43. The summed E-state index contributed by atoms with van der Waals surface area (Å²) in [6, 6.07) is 8.87. The number of aryl methyl sites for hydroxylation is 1. The molecule has 1 heterocycles. The van der Waals surface area contributed by atoms with Gasteiger partial charge in [-0.1, -0.05) is 19.9 Å². The Bertz CT molecular complexity index is 607. The molecule has 0 aliphatic heterocycles. The van der Waals surface area contributed by atoms with Gasteiger partial charge in [0.2, 0.25) is 0 Å². The normalized spacial score (nSPS) is 18.6. The van der Waals surface area contributed by atoms with Gasteiger partial charge < -0.3 is 5.32 Å². The highest BCUT2D eigenvalue weighted by atomic mass is 15.5. The van der Waals surface area contributed by atoms with Gasteiger partial charge in [0.05, 0.1) is 5.69 Å². The lowest BCUT2D eigenvalue weighted by atomic mass is 9.75. The van der Waals surface area contributed by atoms with E-state index >= 15 is 0 Å². The van der Waals surface area contributed by atoms with Crippen LogP contribution in [-0.4, -0.2) is 26.2 Å². The van der Waals surface area contributed by atoms with Crippen molar-refractivity contribution >= 4 is 5.69 Å². The molecular formula is C16H23N5. The highest BCUT2D eigenvalue weighted by Crippen LogP contribution is 2.36. The summed E-state index contributed by atoms with van der Waals surface area (Å²) < 4.78 is 1.76. The van der Waals surface area contributed by atoms with Crippen molar-refractivity contribution in [1.82, 2.24) is 20.2 Å². The van der Waals surface area contributed by atoms with Gasteiger partial charge in [-0.15, -0.1) is 5.10 Å². The van der Waals surface area contributed by atoms with E-state index in [0.717, 1.165) is 17.2 Å². The lowest BCUT2D eigenvalue weighted by Crippen LogP contribution is -2.29. The van der Waals surface area contributed by atoms with Gasteiger partial charge in [0.15, 0.2) is 5.82 Å². The highest BCUT2D eigenvalue weighted by molar-refractivity contribution is 5.51. The van der Waals surface area contributed by atoms with Gasteiger partial charge in [-0.3, -0.25) is 0 Å². The summed E-state index contributed by atoms with van der Waals surface area (Å²) >= 11 is 0. The van der Waals surface area contributed by atoms with Gasteiger partial charge in [0.1, 0.15) is 0 Å². The summed E-state index contributed by atoms with van der Waals surface area (Å²) in [6.45, 7) is 6.64. The molecule has 1 N–H and O–H groups in total. The van der Waals surface area contributed by atoms with Crippen molar-refractivity contribution in [2.75, 3.05) is 5.32 Å². The van der Waals surface area contributed by atoms with Gasteiger partial charge >= 0.3 is 0 Å². The van der Waals surface area contributed by atoms with Crippen LogP contribution in [0.5, 0.6) is 0 Å².